The van der Waals surface area contributed by atoms with Crippen LogP contribution < -0.4 is 15.4 Å². The van der Waals surface area contributed by atoms with Crippen LogP contribution in [0.3, 0.4) is 0 Å². The summed E-state index contributed by atoms with van der Waals surface area (Å²) in [6.45, 7) is 2.35. The van der Waals surface area contributed by atoms with Crippen LogP contribution in [-0.2, 0) is 0 Å². The molecule has 1 atom stereocenters. The fourth-order valence-corrected chi connectivity index (χ4v) is 3.25. The predicted molar refractivity (Wildman–Crippen MR) is 99.0 cm³/mol. The summed E-state index contributed by atoms with van der Waals surface area (Å²) in [5.74, 6) is 0.509. The number of amides is 2. The lowest BCUT2D eigenvalue weighted by Gasteiger charge is -2.34. The molecule has 2 heterocycles. The average Bonchev–Trinajstić information content (AvgIpc) is 3.23. The minimum atomic E-state index is -0.305. The summed E-state index contributed by atoms with van der Waals surface area (Å²) in [5.41, 5.74) is 1.28. The molecule has 2 amide bonds. The molecule has 1 aromatic carbocycles. The first kappa shape index (κ1) is 19.1. The highest BCUT2D eigenvalue weighted by molar-refractivity contribution is 5.91. The van der Waals surface area contributed by atoms with Crippen molar-refractivity contribution in [3.05, 3.63) is 24.5 Å². The number of piperidine rings is 1. The third kappa shape index (κ3) is 4.92. The molecule has 1 fully saturated rings. The van der Waals surface area contributed by atoms with E-state index in [0.717, 1.165) is 31.5 Å². The van der Waals surface area contributed by atoms with Gasteiger partial charge in [-0.1, -0.05) is 6.42 Å². The molecular weight excluding hydrogens is 350 g/mol. The Bertz CT molecular complexity index is 738. The van der Waals surface area contributed by atoms with E-state index >= 15 is 0 Å². The van der Waals surface area contributed by atoms with Crippen molar-refractivity contribution < 1.29 is 14.6 Å². The van der Waals surface area contributed by atoms with Crippen LogP contribution in [0, 0.1) is 0 Å². The third-order valence-electron chi connectivity index (χ3n) is 4.69. The van der Waals surface area contributed by atoms with Gasteiger partial charge in [-0.15, -0.1) is 5.10 Å². The van der Waals surface area contributed by atoms with E-state index in [0.29, 0.717) is 24.5 Å². The number of carbonyl (C=O) groups is 1. The summed E-state index contributed by atoms with van der Waals surface area (Å²) in [6.07, 6.45) is 4.77. The number of aromatic nitrogens is 4. The van der Waals surface area contributed by atoms with Gasteiger partial charge in [-0.2, -0.15) is 0 Å². The summed E-state index contributed by atoms with van der Waals surface area (Å²) in [5, 5.41) is 26.1. The second-order valence-electron chi connectivity index (χ2n) is 6.39. The first-order valence-electron chi connectivity index (χ1n) is 9.02. The fraction of sp³-hybridized carbons (Fsp3) is 0.529. The molecule has 3 rings (SSSR count). The Balaban J connectivity index is 1.53. The number of aliphatic hydroxyl groups is 1. The number of benzene rings is 1. The fourth-order valence-electron chi connectivity index (χ4n) is 3.25. The number of urea groups is 1. The first-order valence-corrected chi connectivity index (χ1v) is 9.02. The normalized spacial score (nSPS) is 17.5. The molecule has 1 aromatic heterocycles. The molecule has 3 N–H and O–H groups in total. The molecule has 10 heteroatoms. The summed E-state index contributed by atoms with van der Waals surface area (Å²) < 4.78 is 6.86. The van der Waals surface area contributed by atoms with Gasteiger partial charge in [-0.3, -0.25) is 4.90 Å². The Morgan fingerprint density at radius 3 is 3.04 bits per heavy atom. The molecule has 146 valence electrons. The maximum atomic E-state index is 12.2. The molecular formula is C17H25N7O3. The van der Waals surface area contributed by atoms with Crippen molar-refractivity contribution in [3.63, 3.8) is 0 Å². The van der Waals surface area contributed by atoms with Crippen molar-refractivity contribution >= 4 is 11.7 Å². The Labute approximate surface area is 157 Å². The number of likely N-dealkylation sites (tertiary alicyclic amines) is 1. The monoisotopic (exact) mass is 375 g/mol. The van der Waals surface area contributed by atoms with Gasteiger partial charge in [0.2, 0.25) is 0 Å². The molecule has 0 unspecified atom stereocenters. The highest BCUT2D eigenvalue weighted by Gasteiger charge is 2.21. The quantitative estimate of drug-likeness (QED) is 0.650. The Kier molecular flexibility index (Phi) is 6.55. The zero-order valence-corrected chi connectivity index (χ0v) is 15.3. The molecule has 1 aliphatic rings. The Morgan fingerprint density at radius 2 is 2.30 bits per heavy atom. The molecule has 1 aliphatic heterocycles. The number of aliphatic hydroxyl groups excluding tert-OH is 1. The summed E-state index contributed by atoms with van der Waals surface area (Å²) >= 11 is 0. The Hall–Kier alpha value is -2.72. The molecule has 10 nitrogen and oxygen atoms in total. The smallest absolute Gasteiger partial charge is 0.319 e. The van der Waals surface area contributed by atoms with Crippen LogP contribution in [-0.4, -0.2) is 75.6 Å². The topological polar surface area (TPSA) is 117 Å². The lowest BCUT2D eigenvalue weighted by molar-refractivity contribution is 0.0917. The zero-order valence-electron chi connectivity index (χ0n) is 15.3. The van der Waals surface area contributed by atoms with E-state index in [-0.39, 0.29) is 18.7 Å². The molecule has 1 saturated heterocycles. The maximum Gasteiger partial charge on any atom is 0.319 e. The van der Waals surface area contributed by atoms with Gasteiger partial charge in [0.05, 0.1) is 25.1 Å². The van der Waals surface area contributed by atoms with Crippen LogP contribution in [0.4, 0.5) is 10.5 Å². The van der Waals surface area contributed by atoms with Crippen molar-refractivity contribution in [2.24, 2.45) is 0 Å². The summed E-state index contributed by atoms with van der Waals surface area (Å²) in [7, 11) is 1.53. The van der Waals surface area contributed by atoms with Gasteiger partial charge < -0.3 is 20.5 Å². The van der Waals surface area contributed by atoms with Gasteiger partial charge in [0, 0.05) is 25.2 Å². The number of rotatable bonds is 7. The summed E-state index contributed by atoms with van der Waals surface area (Å²) in [4.78, 5) is 14.4. The number of hydrogen-bond donors (Lipinski definition) is 3. The van der Waals surface area contributed by atoms with Crippen LogP contribution in [0.2, 0.25) is 0 Å². The molecule has 27 heavy (non-hydrogen) atoms. The molecule has 0 bridgehead atoms. The van der Waals surface area contributed by atoms with Crippen molar-refractivity contribution in [1.29, 1.82) is 0 Å². The molecule has 0 aliphatic carbocycles. The van der Waals surface area contributed by atoms with E-state index in [2.05, 4.69) is 31.1 Å². The van der Waals surface area contributed by atoms with Crippen LogP contribution in [0.25, 0.3) is 5.69 Å². The van der Waals surface area contributed by atoms with Crippen molar-refractivity contribution in [2.75, 3.05) is 38.7 Å². The minimum absolute atomic E-state index is 0.164. The predicted octanol–water partition coefficient (Wildman–Crippen LogP) is 0.639. The number of carbonyl (C=O) groups excluding carboxylic acids is 1. The maximum absolute atomic E-state index is 12.2. The first-order chi connectivity index (χ1) is 13.2. The molecule has 0 saturated carbocycles. The third-order valence-corrected chi connectivity index (χ3v) is 4.69. The van der Waals surface area contributed by atoms with Gasteiger partial charge in [0.1, 0.15) is 12.1 Å². The van der Waals surface area contributed by atoms with E-state index in [1.54, 1.807) is 18.2 Å². The van der Waals surface area contributed by atoms with Crippen LogP contribution >= 0.6 is 0 Å². The molecule has 0 spiro atoms. The second-order valence-corrected chi connectivity index (χ2v) is 6.39. The number of ether oxygens (including phenoxy) is 1. The number of methoxy groups -OCH3 is 1. The highest BCUT2D eigenvalue weighted by Crippen LogP contribution is 2.26. The minimum Gasteiger partial charge on any atom is -0.494 e. The van der Waals surface area contributed by atoms with Gasteiger partial charge in [0.25, 0.3) is 0 Å². The number of nitrogens with zero attached hydrogens (tertiary/aromatic N) is 5. The second kappa shape index (κ2) is 9.28. The van der Waals surface area contributed by atoms with E-state index in [4.69, 9.17) is 4.74 Å². The van der Waals surface area contributed by atoms with Gasteiger partial charge >= 0.3 is 6.03 Å². The SMILES string of the molecule is COc1cc(-n2cnnn2)ccc1NC(=O)NCCN1CCCC[C@@H]1CO. The number of tetrazole rings is 1. The van der Waals surface area contributed by atoms with Crippen molar-refractivity contribution in [1.82, 2.24) is 30.4 Å². The molecule has 2 aromatic rings. The van der Waals surface area contributed by atoms with Crippen LogP contribution in [0.15, 0.2) is 24.5 Å². The molecule has 0 radical (unpaired) electrons. The van der Waals surface area contributed by atoms with E-state index in [1.165, 1.54) is 18.1 Å². The van der Waals surface area contributed by atoms with E-state index < -0.39 is 0 Å². The van der Waals surface area contributed by atoms with Crippen molar-refractivity contribution in [2.45, 2.75) is 25.3 Å². The van der Waals surface area contributed by atoms with E-state index in [1.807, 2.05) is 0 Å². The Morgan fingerprint density at radius 1 is 1.41 bits per heavy atom. The highest BCUT2D eigenvalue weighted by atomic mass is 16.5. The lowest BCUT2D eigenvalue weighted by atomic mass is 10.0. The lowest BCUT2D eigenvalue weighted by Crippen LogP contribution is -2.46. The van der Waals surface area contributed by atoms with E-state index in [9.17, 15) is 9.90 Å². The van der Waals surface area contributed by atoms with Gasteiger partial charge in [0.15, 0.2) is 0 Å². The van der Waals surface area contributed by atoms with Crippen LogP contribution in [0.5, 0.6) is 5.75 Å². The average molecular weight is 375 g/mol. The zero-order chi connectivity index (χ0) is 19.1. The summed E-state index contributed by atoms with van der Waals surface area (Å²) in [6, 6.07) is 5.16. The number of hydrogen-bond acceptors (Lipinski definition) is 7. The largest absolute Gasteiger partial charge is 0.494 e. The standard InChI is InChI=1S/C17H25N7O3/c1-27-16-10-13(24-12-19-21-22-24)5-6-15(16)20-17(26)18-7-9-23-8-3-2-4-14(23)11-25/h5-6,10,12,14,25H,2-4,7-9,11H2,1H3,(H2,18,20,26)/t14-/m1/s1. The van der Waals surface area contributed by atoms with Gasteiger partial charge in [-0.05, 0) is 41.9 Å². The number of nitrogens with one attached hydrogen (secondary N) is 2. The van der Waals surface area contributed by atoms with Gasteiger partial charge in [-0.25, -0.2) is 9.48 Å². The number of anilines is 1. The van der Waals surface area contributed by atoms with Crippen LogP contribution in [0.1, 0.15) is 19.3 Å². The van der Waals surface area contributed by atoms with Crippen molar-refractivity contribution in [3.8, 4) is 11.4 Å².